The van der Waals surface area contributed by atoms with Gasteiger partial charge in [-0.3, -0.25) is 9.59 Å². The number of nitrogens with one attached hydrogen (secondary N) is 1. The van der Waals surface area contributed by atoms with Crippen LogP contribution >= 0.6 is 0 Å². The van der Waals surface area contributed by atoms with E-state index in [0.717, 1.165) is 25.7 Å². The number of pyridine rings is 1. The molecule has 3 atom stereocenters. The van der Waals surface area contributed by atoms with Crippen LogP contribution in [0, 0.1) is 0 Å². The van der Waals surface area contributed by atoms with E-state index in [1.54, 1.807) is 20.3 Å². The Bertz CT molecular complexity index is 893. The van der Waals surface area contributed by atoms with Gasteiger partial charge in [0.2, 0.25) is 0 Å². The molecule has 2 aliphatic rings. The zero-order chi connectivity index (χ0) is 18.3. The van der Waals surface area contributed by atoms with Gasteiger partial charge in [0, 0.05) is 37.7 Å². The minimum atomic E-state index is -0.289. The number of aromatic nitrogens is 1. The van der Waals surface area contributed by atoms with Crippen molar-refractivity contribution in [2.24, 2.45) is 0 Å². The van der Waals surface area contributed by atoms with Crippen molar-refractivity contribution < 1.29 is 14.3 Å². The number of nitrogens with zero attached hydrogens (tertiary/aromatic N) is 1. The van der Waals surface area contributed by atoms with Crippen molar-refractivity contribution >= 4 is 16.7 Å². The lowest BCUT2D eigenvalue weighted by molar-refractivity contribution is -0.0893. The van der Waals surface area contributed by atoms with Gasteiger partial charge in [0.15, 0.2) is 0 Å². The van der Waals surface area contributed by atoms with Gasteiger partial charge >= 0.3 is 0 Å². The molecule has 1 aromatic heterocycles. The van der Waals surface area contributed by atoms with Gasteiger partial charge in [0.25, 0.3) is 11.5 Å². The number of carbonyl (C=O) groups excluding carboxylic acids is 1. The van der Waals surface area contributed by atoms with Crippen LogP contribution in [0.3, 0.4) is 0 Å². The predicted molar refractivity (Wildman–Crippen MR) is 98.4 cm³/mol. The second-order valence-corrected chi connectivity index (χ2v) is 7.24. The van der Waals surface area contributed by atoms with E-state index in [2.05, 4.69) is 4.98 Å². The van der Waals surface area contributed by atoms with Crippen molar-refractivity contribution in [2.45, 2.75) is 43.4 Å². The Morgan fingerprint density at radius 1 is 1.23 bits per heavy atom. The van der Waals surface area contributed by atoms with Crippen LogP contribution in [0.1, 0.15) is 36.0 Å². The van der Waals surface area contributed by atoms with Crippen molar-refractivity contribution in [3.05, 3.63) is 46.4 Å². The number of H-pyrrole nitrogens is 1. The number of aromatic amines is 1. The Labute approximate surface area is 152 Å². The SMILES string of the molecule is CO[C@@H]1CC[C@@]2(OC)CCN(C(=O)c3c[nH]c(=O)c4ccccc34)[C@H]2C1. The summed E-state index contributed by atoms with van der Waals surface area (Å²) in [6.07, 6.45) is 5.13. The zero-order valence-electron chi connectivity index (χ0n) is 15.2. The molecule has 26 heavy (non-hydrogen) atoms. The van der Waals surface area contributed by atoms with Crippen molar-refractivity contribution in [3.8, 4) is 0 Å². The summed E-state index contributed by atoms with van der Waals surface area (Å²) in [4.78, 5) is 30.1. The first-order valence-corrected chi connectivity index (χ1v) is 9.09. The van der Waals surface area contributed by atoms with Crippen LogP contribution in [0.25, 0.3) is 10.8 Å². The molecule has 0 unspecified atom stereocenters. The quantitative estimate of drug-likeness (QED) is 0.916. The Morgan fingerprint density at radius 3 is 2.73 bits per heavy atom. The minimum Gasteiger partial charge on any atom is -0.381 e. The summed E-state index contributed by atoms with van der Waals surface area (Å²) >= 11 is 0. The number of hydrogen-bond acceptors (Lipinski definition) is 4. The molecule has 6 nitrogen and oxygen atoms in total. The van der Waals surface area contributed by atoms with E-state index in [0.29, 0.717) is 22.9 Å². The summed E-state index contributed by atoms with van der Waals surface area (Å²) in [6, 6.07) is 7.22. The van der Waals surface area contributed by atoms with Crippen molar-refractivity contribution in [2.75, 3.05) is 20.8 Å². The van der Waals surface area contributed by atoms with E-state index < -0.39 is 0 Å². The molecule has 4 rings (SSSR count). The van der Waals surface area contributed by atoms with Crippen LogP contribution in [-0.2, 0) is 9.47 Å². The third-order valence-corrected chi connectivity index (χ3v) is 6.18. The van der Waals surface area contributed by atoms with Crippen LogP contribution < -0.4 is 5.56 Å². The summed E-state index contributed by atoms with van der Waals surface area (Å²) in [7, 11) is 3.46. The van der Waals surface area contributed by atoms with Gasteiger partial charge in [-0.1, -0.05) is 18.2 Å². The lowest BCUT2D eigenvalue weighted by Crippen LogP contribution is -2.53. The van der Waals surface area contributed by atoms with E-state index >= 15 is 0 Å². The Morgan fingerprint density at radius 2 is 2.00 bits per heavy atom. The van der Waals surface area contributed by atoms with Gasteiger partial charge in [-0.05, 0) is 31.7 Å². The van der Waals surface area contributed by atoms with E-state index in [-0.39, 0.29) is 29.2 Å². The van der Waals surface area contributed by atoms with Crippen LogP contribution in [0.5, 0.6) is 0 Å². The maximum atomic E-state index is 13.4. The fourth-order valence-electron chi connectivity index (χ4n) is 4.66. The predicted octanol–water partition coefficient (Wildman–Crippen LogP) is 2.33. The summed E-state index contributed by atoms with van der Waals surface area (Å²) < 4.78 is 11.5. The number of hydrogen-bond donors (Lipinski definition) is 1. The molecule has 2 fully saturated rings. The minimum absolute atomic E-state index is 0.00982. The van der Waals surface area contributed by atoms with Gasteiger partial charge in [0.05, 0.1) is 23.3 Å². The van der Waals surface area contributed by atoms with E-state index in [1.807, 2.05) is 23.1 Å². The topological polar surface area (TPSA) is 71.6 Å². The Kier molecular flexibility index (Phi) is 4.32. The van der Waals surface area contributed by atoms with Gasteiger partial charge < -0.3 is 19.4 Å². The summed E-state index contributed by atoms with van der Waals surface area (Å²) in [5, 5.41) is 1.23. The molecule has 138 valence electrons. The molecular formula is C20H24N2O4. The second-order valence-electron chi connectivity index (χ2n) is 7.24. The van der Waals surface area contributed by atoms with E-state index in [1.165, 1.54) is 6.20 Å². The molecular weight excluding hydrogens is 332 g/mol. The molecule has 1 amide bonds. The molecule has 1 N–H and O–H groups in total. The number of ether oxygens (including phenoxy) is 2. The fourth-order valence-corrected chi connectivity index (χ4v) is 4.66. The molecule has 0 spiro atoms. The number of rotatable bonds is 3. The molecule has 2 heterocycles. The molecule has 0 radical (unpaired) electrons. The van der Waals surface area contributed by atoms with Gasteiger partial charge in [-0.2, -0.15) is 0 Å². The second kappa shape index (κ2) is 6.52. The van der Waals surface area contributed by atoms with Gasteiger partial charge in [-0.25, -0.2) is 0 Å². The van der Waals surface area contributed by atoms with Crippen molar-refractivity contribution in [1.82, 2.24) is 9.88 Å². The highest BCUT2D eigenvalue weighted by Gasteiger charge is 2.52. The van der Waals surface area contributed by atoms with Crippen molar-refractivity contribution in [3.63, 3.8) is 0 Å². The fraction of sp³-hybridized carbons (Fsp3) is 0.500. The number of fused-ring (bicyclic) bond motifs is 2. The molecule has 6 heteroatoms. The molecule has 1 aliphatic carbocycles. The smallest absolute Gasteiger partial charge is 0.256 e. The van der Waals surface area contributed by atoms with E-state index in [9.17, 15) is 9.59 Å². The number of benzene rings is 1. The van der Waals surface area contributed by atoms with Gasteiger partial charge in [-0.15, -0.1) is 0 Å². The monoisotopic (exact) mass is 356 g/mol. The molecule has 1 saturated heterocycles. The summed E-state index contributed by atoms with van der Waals surface area (Å²) in [5.41, 5.74) is 0.0661. The third-order valence-electron chi connectivity index (χ3n) is 6.18. The highest BCUT2D eigenvalue weighted by atomic mass is 16.5. The first-order chi connectivity index (χ1) is 12.6. The Hall–Kier alpha value is -2.18. The lowest BCUT2D eigenvalue weighted by Gasteiger charge is -2.43. The van der Waals surface area contributed by atoms with Crippen LogP contribution in [0.2, 0.25) is 0 Å². The molecule has 1 aliphatic heterocycles. The largest absolute Gasteiger partial charge is 0.381 e. The first kappa shape index (κ1) is 17.2. The Balaban J connectivity index is 1.73. The molecule has 1 saturated carbocycles. The van der Waals surface area contributed by atoms with Gasteiger partial charge in [0.1, 0.15) is 0 Å². The zero-order valence-corrected chi connectivity index (χ0v) is 15.2. The van der Waals surface area contributed by atoms with Crippen LogP contribution in [0.4, 0.5) is 0 Å². The number of likely N-dealkylation sites (tertiary alicyclic amines) is 1. The summed E-state index contributed by atoms with van der Waals surface area (Å²) in [6.45, 7) is 0.654. The van der Waals surface area contributed by atoms with Crippen LogP contribution in [0.15, 0.2) is 35.3 Å². The normalized spacial score (nSPS) is 28.3. The number of amides is 1. The standard InChI is InChI=1S/C20H24N2O4/c1-25-13-7-8-20(26-2)9-10-22(17(20)11-13)19(24)16-12-21-18(23)15-6-4-3-5-14(15)16/h3-6,12-13,17H,7-11H2,1-2H3,(H,21,23)/t13-,17+,20-/m1/s1. The number of carbonyl (C=O) groups is 1. The molecule has 1 aromatic carbocycles. The summed E-state index contributed by atoms with van der Waals surface area (Å²) in [5.74, 6) is -0.0573. The average Bonchev–Trinajstić information content (AvgIpc) is 3.07. The molecule has 0 bridgehead atoms. The highest BCUT2D eigenvalue weighted by Crippen LogP contribution is 2.43. The maximum Gasteiger partial charge on any atom is 0.256 e. The lowest BCUT2D eigenvalue weighted by atomic mass is 9.79. The van der Waals surface area contributed by atoms with Crippen LogP contribution in [-0.4, -0.2) is 54.3 Å². The van der Waals surface area contributed by atoms with E-state index in [4.69, 9.17) is 9.47 Å². The number of methoxy groups -OCH3 is 2. The third kappa shape index (κ3) is 2.56. The molecule has 2 aromatic rings. The highest BCUT2D eigenvalue weighted by molar-refractivity contribution is 6.06. The average molecular weight is 356 g/mol. The van der Waals surface area contributed by atoms with Crippen molar-refractivity contribution in [1.29, 1.82) is 0 Å². The first-order valence-electron chi connectivity index (χ1n) is 9.09. The maximum absolute atomic E-state index is 13.4.